The van der Waals surface area contributed by atoms with Crippen LogP contribution in [0.1, 0.15) is 22.9 Å². The van der Waals surface area contributed by atoms with Gasteiger partial charge in [0.2, 0.25) is 0 Å². The minimum atomic E-state index is 0.211. The summed E-state index contributed by atoms with van der Waals surface area (Å²) in [6, 6.07) is 2.34. The fourth-order valence-electron chi connectivity index (χ4n) is 1.29. The highest BCUT2D eigenvalue weighted by molar-refractivity contribution is 7.10. The molecule has 1 aromatic heterocycles. The van der Waals surface area contributed by atoms with E-state index in [1.807, 2.05) is 0 Å². The zero-order chi connectivity index (χ0) is 9.84. The average Bonchev–Trinajstić information content (AvgIpc) is 2.47. The molecular weight excluding hydrogens is 180 g/mol. The summed E-state index contributed by atoms with van der Waals surface area (Å²) in [5.74, 6) is 0. The highest BCUT2D eigenvalue weighted by atomic mass is 32.1. The van der Waals surface area contributed by atoms with Crippen LogP contribution < -0.4 is 5.73 Å². The molecule has 1 aromatic rings. The third kappa shape index (κ3) is 3.10. The largest absolute Gasteiger partial charge is 0.323 e. The van der Waals surface area contributed by atoms with Gasteiger partial charge in [-0.3, -0.25) is 0 Å². The molecule has 1 unspecified atom stereocenters. The zero-order valence-corrected chi connectivity index (χ0v) is 9.40. The lowest BCUT2D eigenvalue weighted by Crippen LogP contribution is -2.19. The van der Waals surface area contributed by atoms with Gasteiger partial charge < -0.3 is 10.6 Å². The van der Waals surface area contributed by atoms with Crippen LogP contribution in [0.15, 0.2) is 11.4 Å². The van der Waals surface area contributed by atoms with Gasteiger partial charge in [-0.2, -0.15) is 0 Å². The van der Waals surface area contributed by atoms with E-state index in [1.165, 1.54) is 10.4 Å². The van der Waals surface area contributed by atoms with Crippen LogP contribution in [-0.4, -0.2) is 25.5 Å². The third-order valence-electron chi connectivity index (χ3n) is 2.13. The Morgan fingerprint density at radius 3 is 2.69 bits per heavy atom. The summed E-state index contributed by atoms with van der Waals surface area (Å²) >= 11 is 1.77. The van der Waals surface area contributed by atoms with Crippen molar-refractivity contribution in [1.82, 2.24) is 4.90 Å². The highest BCUT2D eigenvalue weighted by Crippen LogP contribution is 2.24. The molecule has 13 heavy (non-hydrogen) atoms. The van der Waals surface area contributed by atoms with Crippen molar-refractivity contribution >= 4 is 11.3 Å². The summed E-state index contributed by atoms with van der Waals surface area (Å²) in [6.45, 7) is 3.18. The molecule has 0 fully saturated rings. The summed E-state index contributed by atoms with van der Waals surface area (Å²) in [5.41, 5.74) is 7.40. The second-order valence-corrected chi connectivity index (χ2v) is 4.61. The molecule has 0 amide bonds. The first kappa shape index (κ1) is 10.7. The number of nitrogens with zero attached hydrogens (tertiary/aromatic N) is 1. The van der Waals surface area contributed by atoms with E-state index >= 15 is 0 Å². The second-order valence-electron chi connectivity index (χ2n) is 3.67. The van der Waals surface area contributed by atoms with Gasteiger partial charge in [-0.25, -0.2) is 0 Å². The molecule has 0 spiro atoms. The van der Waals surface area contributed by atoms with Crippen molar-refractivity contribution in [3.8, 4) is 0 Å². The average molecular weight is 198 g/mol. The highest BCUT2D eigenvalue weighted by Gasteiger charge is 2.09. The van der Waals surface area contributed by atoms with E-state index in [-0.39, 0.29) is 6.04 Å². The molecule has 3 heteroatoms. The molecule has 1 heterocycles. The Labute approximate surface area is 84.4 Å². The molecule has 1 atom stereocenters. The van der Waals surface area contributed by atoms with E-state index in [2.05, 4.69) is 37.4 Å². The monoisotopic (exact) mass is 198 g/mol. The van der Waals surface area contributed by atoms with Crippen molar-refractivity contribution in [3.05, 3.63) is 21.9 Å². The first-order valence-electron chi connectivity index (χ1n) is 4.55. The van der Waals surface area contributed by atoms with Crippen molar-refractivity contribution in [2.75, 3.05) is 20.6 Å². The molecule has 0 radical (unpaired) electrons. The van der Waals surface area contributed by atoms with Crippen molar-refractivity contribution < 1.29 is 0 Å². The number of rotatable bonds is 4. The molecule has 1 rings (SSSR count). The smallest absolute Gasteiger partial charge is 0.0404 e. The Morgan fingerprint density at radius 2 is 2.23 bits per heavy atom. The maximum absolute atomic E-state index is 6.07. The van der Waals surface area contributed by atoms with Crippen LogP contribution in [0.25, 0.3) is 0 Å². The Bertz CT molecular complexity index is 255. The molecule has 2 N–H and O–H groups in total. The SMILES string of the molecule is Cc1ccsc1C(N)CCN(C)C. The second kappa shape index (κ2) is 4.74. The molecule has 2 nitrogen and oxygen atoms in total. The molecule has 74 valence electrons. The number of hydrogen-bond acceptors (Lipinski definition) is 3. The van der Waals surface area contributed by atoms with E-state index in [4.69, 9.17) is 5.73 Å². The summed E-state index contributed by atoms with van der Waals surface area (Å²) in [6.07, 6.45) is 1.04. The summed E-state index contributed by atoms with van der Waals surface area (Å²) in [7, 11) is 4.15. The quantitative estimate of drug-likeness (QED) is 0.802. The molecule has 0 aromatic carbocycles. The molecule has 0 saturated carbocycles. The number of hydrogen-bond donors (Lipinski definition) is 1. The molecular formula is C10H18N2S. The first-order valence-corrected chi connectivity index (χ1v) is 5.43. The number of nitrogens with two attached hydrogens (primary N) is 1. The first-order chi connectivity index (χ1) is 6.11. The summed E-state index contributed by atoms with van der Waals surface area (Å²) < 4.78 is 0. The zero-order valence-electron chi connectivity index (χ0n) is 8.58. The lowest BCUT2D eigenvalue weighted by molar-refractivity contribution is 0.383. The van der Waals surface area contributed by atoms with Gasteiger partial charge in [0.05, 0.1) is 0 Å². The van der Waals surface area contributed by atoms with Crippen LogP contribution in [0.2, 0.25) is 0 Å². The Morgan fingerprint density at radius 1 is 1.54 bits per heavy atom. The molecule has 0 aliphatic carbocycles. The van der Waals surface area contributed by atoms with Crippen LogP contribution in [0.5, 0.6) is 0 Å². The van der Waals surface area contributed by atoms with E-state index in [0.717, 1.165) is 13.0 Å². The van der Waals surface area contributed by atoms with E-state index in [0.29, 0.717) is 0 Å². The minimum Gasteiger partial charge on any atom is -0.323 e. The predicted octanol–water partition coefficient (Wildman–Crippen LogP) is 2.01. The molecule has 0 aliphatic rings. The van der Waals surface area contributed by atoms with E-state index in [1.54, 1.807) is 11.3 Å². The Kier molecular flexibility index (Phi) is 3.90. The van der Waals surface area contributed by atoms with Gasteiger partial charge in [0, 0.05) is 10.9 Å². The van der Waals surface area contributed by atoms with E-state index in [9.17, 15) is 0 Å². The lowest BCUT2D eigenvalue weighted by atomic mass is 10.1. The van der Waals surface area contributed by atoms with Gasteiger partial charge in [0.25, 0.3) is 0 Å². The van der Waals surface area contributed by atoms with Crippen molar-refractivity contribution in [2.45, 2.75) is 19.4 Å². The summed E-state index contributed by atoms with van der Waals surface area (Å²) in [5, 5.41) is 2.11. The number of aryl methyl sites for hydroxylation is 1. The third-order valence-corrected chi connectivity index (χ3v) is 3.28. The molecule has 0 bridgehead atoms. The fourth-order valence-corrected chi connectivity index (χ4v) is 2.26. The van der Waals surface area contributed by atoms with Crippen molar-refractivity contribution in [1.29, 1.82) is 0 Å². The maximum Gasteiger partial charge on any atom is 0.0404 e. The predicted molar refractivity (Wildman–Crippen MR) is 59.2 cm³/mol. The Hall–Kier alpha value is -0.380. The Balaban J connectivity index is 2.49. The van der Waals surface area contributed by atoms with Gasteiger partial charge in [-0.1, -0.05) is 0 Å². The standard InChI is InChI=1S/C10H18N2S/c1-8-5-7-13-10(8)9(11)4-6-12(2)3/h5,7,9H,4,6,11H2,1-3H3. The van der Waals surface area contributed by atoms with Gasteiger partial charge in [0.1, 0.15) is 0 Å². The van der Waals surface area contributed by atoms with Crippen molar-refractivity contribution in [3.63, 3.8) is 0 Å². The van der Waals surface area contributed by atoms with Gasteiger partial charge >= 0.3 is 0 Å². The number of thiophene rings is 1. The minimum absolute atomic E-state index is 0.211. The van der Waals surface area contributed by atoms with E-state index < -0.39 is 0 Å². The topological polar surface area (TPSA) is 29.3 Å². The van der Waals surface area contributed by atoms with Gasteiger partial charge in [-0.15, -0.1) is 11.3 Å². The van der Waals surface area contributed by atoms with Gasteiger partial charge in [-0.05, 0) is 51.0 Å². The molecule has 0 aliphatic heterocycles. The lowest BCUT2D eigenvalue weighted by Gasteiger charge is -2.14. The summed E-state index contributed by atoms with van der Waals surface area (Å²) in [4.78, 5) is 3.50. The maximum atomic E-state index is 6.07. The normalized spacial score (nSPS) is 13.6. The van der Waals surface area contributed by atoms with Crippen molar-refractivity contribution in [2.24, 2.45) is 5.73 Å². The molecule has 0 saturated heterocycles. The van der Waals surface area contributed by atoms with Crippen LogP contribution >= 0.6 is 11.3 Å². The van der Waals surface area contributed by atoms with Crippen LogP contribution in [-0.2, 0) is 0 Å². The van der Waals surface area contributed by atoms with Crippen LogP contribution in [0.3, 0.4) is 0 Å². The fraction of sp³-hybridized carbons (Fsp3) is 0.600. The van der Waals surface area contributed by atoms with Crippen LogP contribution in [0, 0.1) is 6.92 Å². The van der Waals surface area contributed by atoms with Crippen LogP contribution in [0.4, 0.5) is 0 Å². The van der Waals surface area contributed by atoms with Gasteiger partial charge in [0.15, 0.2) is 0 Å².